The van der Waals surface area contributed by atoms with Crippen molar-refractivity contribution in [3.8, 4) is 11.8 Å². The highest BCUT2D eigenvalue weighted by Gasteiger charge is 2.16. The fourth-order valence-electron chi connectivity index (χ4n) is 1.16. The van der Waals surface area contributed by atoms with E-state index in [0.717, 1.165) is 0 Å². The van der Waals surface area contributed by atoms with Gasteiger partial charge < -0.3 is 4.74 Å². The minimum absolute atomic E-state index is 0.173. The Morgan fingerprint density at radius 2 is 2.06 bits per heavy atom. The Morgan fingerprint density at radius 3 is 2.50 bits per heavy atom. The number of hydrogen-bond acceptors (Lipinski definition) is 2. The zero-order valence-corrected chi connectivity index (χ0v) is 9.34. The highest BCUT2D eigenvalue weighted by molar-refractivity contribution is 5.56. The maximum Gasteiger partial charge on any atom is 0.227 e. The van der Waals surface area contributed by atoms with Crippen LogP contribution in [0.25, 0.3) is 4.85 Å². The third-order valence-electron chi connectivity index (χ3n) is 1.69. The predicted molar refractivity (Wildman–Crippen MR) is 57.8 cm³/mol. The lowest BCUT2D eigenvalue weighted by atomic mass is 10.1. The number of benzene rings is 1. The van der Waals surface area contributed by atoms with Crippen LogP contribution in [0.4, 0.5) is 10.1 Å². The summed E-state index contributed by atoms with van der Waals surface area (Å²) in [5.41, 5.74) is -0.824. The van der Waals surface area contributed by atoms with Gasteiger partial charge in [-0.1, -0.05) is 0 Å². The zero-order chi connectivity index (χ0) is 12.3. The van der Waals surface area contributed by atoms with Gasteiger partial charge in [-0.05, 0) is 32.9 Å². The van der Waals surface area contributed by atoms with Crippen molar-refractivity contribution < 1.29 is 9.13 Å². The molecule has 3 nitrogen and oxygen atoms in total. The number of nitriles is 1. The summed E-state index contributed by atoms with van der Waals surface area (Å²) in [6, 6.07) is 4.30. The molecule has 0 aliphatic carbocycles. The van der Waals surface area contributed by atoms with Crippen molar-refractivity contribution in [1.29, 1.82) is 5.26 Å². The van der Waals surface area contributed by atoms with E-state index in [4.69, 9.17) is 16.6 Å². The molecule has 0 aliphatic heterocycles. The second kappa shape index (κ2) is 4.20. The standard InChI is InChI=1S/C12H11FN2O/c1-12(2,3)16-9-5-8(7-14)11(13)10(6-9)15-4/h5-6H,1-3H3. The smallest absolute Gasteiger partial charge is 0.227 e. The topological polar surface area (TPSA) is 37.4 Å². The zero-order valence-electron chi connectivity index (χ0n) is 9.34. The molecule has 0 heterocycles. The summed E-state index contributed by atoms with van der Waals surface area (Å²) in [5, 5.41) is 8.71. The molecule has 0 aromatic heterocycles. The van der Waals surface area contributed by atoms with Gasteiger partial charge in [-0.15, -0.1) is 0 Å². The van der Waals surface area contributed by atoms with Crippen molar-refractivity contribution in [3.63, 3.8) is 0 Å². The van der Waals surface area contributed by atoms with Gasteiger partial charge >= 0.3 is 0 Å². The molecule has 0 N–H and O–H groups in total. The molecule has 0 spiro atoms. The van der Waals surface area contributed by atoms with Crippen LogP contribution in [-0.4, -0.2) is 5.60 Å². The minimum Gasteiger partial charge on any atom is -0.489 e. The van der Waals surface area contributed by atoms with E-state index < -0.39 is 11.4 Å². The molecule has 1 aromatic carbocycles. The summed E-state index contributed by atoms with van der Waals surface area (Å²) in [4.78, 5) is 3.01. The summed E-state index contributed by atoms with van der Waals surface area (Å²) in [7, 11) is 0. The van der Waals surface area contributed by atoms with Crippen LogP contribution in [0.15, 0.2) is 12.1 Å². The normalized spacial score (nSPS) is 10.4. The van der Waals surface area contributed by atoms with Gasteiger partial charge in [0, 0.05) is 0 Å². The van der Waals surface area contributed by atoms with Crippen LogP contribution in [-0.2, 0) is 0 Å². The fourth-order valence-corrected chi connectivity index (χ4v) is 1.16. The Hall–Kier alpha value is -2.07. The molecule has 0 radical (unpaired) electrons. The molecule has 1 aromatic rings. The van der Waals surface area contributed by atoms with Crippen molar-refractivity contribution in [3.05, 3.63) is 34.9 Å². The van der Waals surface area contributed by atoms with E-state index in [1.807, 2.05) is 20.8 Å². The molecule has 0 bridgehead atoms. The summed E-state index contributed by atoms with van der Waals surface area (Å²) in [5.74, 6) is -0.463. The van der Waals surface area contributed by atoms with Gasteiger partial charge in [0.1, 0.15) is 23.2 Å². The SMILES string of the molecule is [C-]#[N+]c1cc(OC(C)(C)C)cc(C#N)c1F. The maximum atomic E-state index is 13.4. The summed E-state index contributed by atoms with van der Waals surface area (Å²) in [6.45, 7) is 12.3. The third kappa shape index (κ3) is 2.71. The van der Waals surface area contributed by atoms with Gasteiger partial charge in [-0.2, -0.15) is 5.26 Å². The van der Waals surface area contributed by atoms with Crippen LogP contribution in [0.5, 0.6) is 5.75 Å². The van der Waals surface area contributed by atoms with Crippen LogP contribution in [0, 0.1) is 23.7 Å². The Labute approximate surface area is 93.9 Å². The number of hydrogen-bond donors (Lipinski definition) is 0. The molecule has 0 aliphatic rings. The monoisotopic (exact) mass is 218 g/mol. The van der Waals surface area contributed by atoms with E-state index in [2.05, 4.69) is 4.85 Å². The lowest BCUT2D eigenvalue weighted by Crippen LogP contribution is -2.23. The molecule has 0 amide bonds. The van der Waals surface area contributed by atoms with E-state index in [1.165, 1.54) is 12.1 Å². The molecule has 0 atom stereocenters. The number of nitrogens with zero attached hydrogens (tertiary/aromatic N) is 2. The van der Waals surface area contributed by atoms with E-state index in [9.17, 15) is 4.39 Å². The van der Waals surface area contributed by atoms with Gasteiger partial charge in [-0.3, -0.25) is 0 Å². The van der Waals surface area contributed by atoms with Gasteiger partial charge in [-0.25, -0.2) is 9.24 Å². The molecular weight excluding hydrogens is 207 g/mol. The Bertz CT molecular complexity index is 454. The maximum absolute atomic E-state index is 13.4. The van der Waals surface area contributed by atoms with E-state index in [-0.39, 0.29) is 11.3 Å². The largest absolute Gasteiger partial charge is 0.489 e. The Kier molecular flexibility index (Phi) is 3.15. The average molecular weight is 218 g/mol. The highest BCUT2D eigenvalue weighted by atomic mass is 19.1. The van der Waals surface area contributed by atoms with Crippen molar-refractivity contribution in [1.82, 2.24) is 0 Å². The van der Waals surface area contributed by atoms with E-state index in [1.54, 1.807) is 6.07 Å². The first-order valence-corrected chi connectivity index (χ1v) is 4.67. The minimum atomic E-state index is -0.793. The second-order valence-corrected chi connectivity index (χ2v) is 4.24. The van der Waals surface area contributed by atoms with Crippen molar-refractivity contribution in [2.24, 2.45) is 0 Å². The first-order valence-electron chi connectivity index (χ1n) is 4.67. The first-order chi connectivity index (χ1) is 7.37. The average Bonchev–Trinajstić information content (AvgIpc) is 2.18. The highest BCUT2D eigenvalue weighted by Crippen LogP contribution is 2.29. The number of rotatable bonds is 1. The summed E-state index contributed by atoms with van der Waals surface area (Å²) < 4.78 is 18.9. The lowest BCUT2D eigenvalue weighted by molar-refractivity contribution is 0.131. The third-order valence-corrected chi connectivity index (χ3v) is 1.69. The van der Waals surface area contributed by atoms with Gasteiger partial charge in [0.2, 0.25) is 5.69 Å². The summed E-state index contributed by atoms with van der Waals surface area (Å²) >= 11 is 0. The second-order valence-electron chi connectivity index (χ2n) is 4.24. The Balaban J connectivity index is 3.25. The van der Waals surface area contributed by atoms with Gasteiger partial charge in [0.15, 0.2) is 0 Å². The van der Waals surface area contributed by atoms with Crippen molar-refractivity contribution in [2.75, 3.05) is 0 Å². The van der Waals surface area contributed by atoms with Crippen molar-refractivity contribution >= 4 is 5.69 Å². The molecule has 4 heteroatoms. The molecule has 16 heavy (non-hydrogen) atoms. The Morgan fingerprint density at radius 1 is 1.44 bits per heavy atom. The van der Waals surface area contributed by atoms with E-state index in [0.29, 0.717) is 5.75 Å². The van der Waals surface area contributed by atoms with E-state index >= 15 is 0 Å². The van der Waals surface area contributed by atoms with Crippen LogP contribution in [0.2, 0.25) is 0 Å². The van der Waals surface area contributed by atoms with Gasteiger partial charge in [0.05, 0.1) is 12.1 Å². The number of ether oxygens (including phenoxy) is 1. The van der Waals surface area contributed by atoms with Crippen molar-refractivity contribution in [2.45, 2.75) is 26.4 Å². The molecule has 0 saturated carbocycles. The van der Waals surface area contributed by atoms with Crippen LogP contribution < -0.4 is 4.74 Å². The molecule has 0 saturated heterocycles. The molecule has 82 valence electrons. The molecular formula is C12H11FN2O. The lowest BCUT2D eigenvalue weighted by Gasteiger charge is -2.21. The fraction of sp³-hybridized carbons (Fsp3) is 0.333. The molecule has 0 fully saturated rings. The van der Waals surface area contributed by atoms with Crippen LogP contribution in [0.1, 0.15) is 26.3 Å². The number of halogens is 1. The van der Waals surface area contributed by atoms with Crippen LogP contribution >= 0.6 is 0 Å². The molecule has 1 rings (SSSR count). The quantitative estimate of drug-likeness (QED) is 0.677. The van der Waals surface area contributed by atoms with Gasteiger partial charge in [0.25, 0.3) is 0 Å². The molecule has 0 unspecified atom stereocenters. The summed E-state index contributed by atoms with van der Waals surface area (Å²) in [6.07, 6.45) is 0. The first kappa shape index (κ1) is 12.0. The predicted octanol–water partition coefficient (Wildman–Crippen LogP) is 3.43. The van der Waals surface area contributed by atoms with Crippen LogP contribution in [0.3, 0.4) is 0 Å².